The summed E-state index contributed by atoms with van der Waals surface area (Å²) in [6, 6.07) is 26.8. The molecular weight excluding hydrogens is 541 g/mol. The zero-order valence-electron chi connectivity index (χ0n) is 22.3. The fourth-order valence-electron chi connectivity index (χ4n) is 4.94. The van der Waals surface area contributed by atoms with E-state index in [0.717, 1.165) is 27.7 Å². The van der Waals surface area contributed by atoms with Crippen molar-refractivity contribution in [2.45, 2.75) is 6.92 Å². The highest BCUT2D eigenvalue weighted by atomic mass is 32.2. The van der Waals surface area contributed by atoms with Crippen molar-refractivity contribution in [3.05, 3.63) is 102 Å². The van der Waals surface area contributed by atoms with Crippen molar-refractivity contribution in [1.29, 1.82) is 0 Å². The van der Waals surface area contributed by atoms with Crippen LogP contribution < -0.4 is 10.0 Å². The molecule has 9 heteroatoms. The molecule has 0 bridgehead atoms. The number of hydrogen-bond acceptors (Lipinski definition) is 4. The van der Waals surface area contributed by atoms with Crippen molar-refractivity contribution >= 4 is 43.5 Å². The second-order valence-corrected chi connectivity index (χ2v) is 11.7. The van der Waals surface area contributed by atoms with E-state index in [2.05, 4.69) is 21.1 Å². The van der Waals surface area contributed by atoms with Gasteiger partial charge in [0.1, 0.15) is 17.2 Å². The number of nitrogens with one attached hydrogen (secondary N) is 3. The summed E-state index contributed by atoms with van der Waals surface area (Å²) in [5.41, 5.74) is 5.56. The molecular formula is C32H26FN3O4S. The van der Waals surface area contributed by atoms with Crippen LogP contribution in [0.5, 0.6) is 0 Å². The minimum atomic E-state index is -3.65. The molecule has 4 aromatic carbocycles. The second-order valence-electron chi connectivity index (χ2n) is 9.64. The Bertz CT molecular complexity index is 2010. The van der Waals surface area contributed by atoms with E-state index in [-0.39, 0.29) is 23.0 Å². The van der Waals surface area contributed by atoms with Gasteiger partial charge in [0.2, 0.25) is 10.0 Å². The normalized spacial score (nSPS) is 11.7. The number of H-pyrrole nitrogens is 1. The van der Waals surface area contributed by atoms with Crippen molar-refractivity contribution in [3.8, 4) is 33.7 Å². The molecule has 0 fully saturated rings. The third-order valence-corrected chi connectivity index (χ3v) is 8.34. The van der Waals surface area contributed by atoms with Gasteiger partial charge in [-0.25, -0.2) is 12.8 Å². The Morgan fingerprint density at radius 3 is 2.39 bits per heavy atom. The van der Waals surface area contributed by atoms with Gasteiger partial charge in [-0.2, -0.15) is 0 Å². The van der Waals surface area contributed by atoms with Gasteiger partial charge in [-0.3, -0.25) is 9.52 Å². The van der Waals surface area contributed by atoms with Crippen molar-refractivity contribution < 1.29 is 22.0 Å². The lowest BCUT2D eigenvalue weighted by molar-refractivity contribution is 0.0964. The van der Waals surface area contributed by atoms with Crippen molar-refractivity contribution in [3.63, 3.8) is 0 Å². The summed E-state index contributed by atoms with van der Waals surface area (Å²) in [5.74, 6) is -0.669. The van der Waals surface area contributed by atoms with E-state index < -0.39 is 15.8 Å². The first kappa shape index (κ1) is 26.3. The molecule has 0 atom stereocenters. The number of hydrogen-bond donors (Lipinski definition) is 3. The van der Waals surface area contributed by atoms with Crippen LogP contribution in [0.25, 0.3) is 55.6 Å². The topological polar surface area (TPSA) is 104 Å². The molecule has 0 radical (unpaired) electrons. The lowest BCUT2D eigenvalue weighted by Gasteiger charge is -2.13. The van der Waals surface area contributed by atoms with Crippen LogP contribution in [-0.2, 0) is 10.0 Å². The Labute approximate surface area is 236 Å². The molecule has 0 aliphatic heterocycles. The van der Waals surface area contributed by atoms with Gasteiger partial charge >= 0.3 is 0 Å². The predicted molar refractivity (Wildman–Crippen MR) is 161 cm³/mol. The van der Waals surface area contributed by atoms with Crippen LogP contribution in [0.1, 0.15) is 17.3 Å². The Hall–Kier alpha value is -4.89. The Balaban J connectivity index is 1.58. The molecule has 0 unspecified atom stereocenters. The number of benzene rings is 4. The molecule has 1 amide bonds. The molecule has 7 nitrogen and oxygen atoms in total. The maximum atomic E-state index is 13.7. The van der Waals surface area contributed by atoms with Crippen LogP contribution in [0.2, 0.25) is 0 Å². The SMILES string of the molecule is CCS(=O)(=O)Nc1cc2oc(-c3ccc(F)cc3)c(C(=O)NC)c2cc1-c1cccc(-c2cc3ccccc3[nH]2)c1. The minimum Gasteiger partial charge on any atom is -0.455 e. The second kappa shape index (κ2) is 10.3. The number of carbonyl (C=O) groups is 1. The van der Waals surface area contributed by atoms with Crippen LogP contribution in [-0.4, -0.2) is 32.1 Å². The molecule has 6 rings (SSSR count). The highest BCUT2D eigenvalue weighted by Crippen LogP contribution is 2.41. The van der Waals surface area contributed by atoms with Crippen molar-refractivity contribution in [2.24, 2.45) is 0 Å². The van der Waals surface area contributed by atoms with Crippen LogP contribution in [0.15, 0.2) is 95.4 Å². The number of amides is 1. The molecule has 0 aliphatic rings. The van der Waals surface area contributed by atoms with Crippen LogP contribution in [0.4, 0.5) is 10.1 Å². The fourth-order valence-corrected chi connectivity index (χ4v) is 5.59. The minimum absolute atomic E-state index is 0.123. The van der Waals surface area contributed by atoms with E-state index in [1.54, 1.807) is 19.1 Å². The summed E-state index contributed by atoms with van der Waals surface area (Å²) in [6.45, 7) is 1.56. The molecule has 0 saturated carbocycles. The first-order valence-corrected chi connectivity index (χ1v) is 14.7. The molecule has 41 heavy (non-hydrogen) atoms. The molecule has 3 N–H and O–H groups in total. The number of aromatic amines is 1. The lowest BCUT2D eigenvalue weighted by atomic mass is 9.97. The van der Waals surface area contributed by atoms with E-state index in [4.69, 9.17) is 4.42 Å². The number of halogens is 1. The quantitative estimate of drug-likeness (QED) is 0.190. The highest BCUT2D eigenvalue weighted by molar-refractivity contribution is 7.92. The van der Waals surface area contributed by atoms with Gasteiger partial charge in [0.25, 0.3) is 5.91 Å². The van der Waals surface area contributed by atoms with Gasteiger partial charge in [-0.1, -0.05) is 36.4 Å². The van der Waals surface area contributed by atoms with Gasteiger partial charge in [0, 0.05) is 46.2 Å². The van der Waals surface area contributed by atoms with Gasteiger partial charge in [0.05, 0.1) is 17.0 Å². The third-order valence-electron chi connectivity index (χ3n) is 7.05. The summed E-state index contributed by atoms with van der Waals surface area (Å²) in [5, 5.41) is 4.23. The number of para-hydroxylation sites is 1. The highest BCUT2D eigenvalue weighted by Gasteiger charge is 2.24. The Kier molecular flexibility index (Phi) is 6.59. The van der Waals surface area contributed by atoms with Gasteiger partial charge in [0.15, 0.2) is 0 Å². The molecule has 206 valence electrons. The average Bonchev–Trinajstić information content (AvgIpc) is 3.58. The van der Waals surface area contributed by atoms with Crippen molar-refractivity contribution in [2.75, 3.05) is 17.5 Å². The first-order valence-electron chi connectivity index (χ1n) is 13.0. The Morgan fingerprint density at radius 2 is 1.66 bits per heavy atom. The molecule has 2 heterocycles. The first-order chi connectivity index (χ1) is 19.8. The number of rotatable bonds is 7. The molecule has 2 aromatic heterocycles. The van der Waals surface area contributed by atoms with Gasteiger partial charge in [-0.15, -0.1) is 0 Å². The number of carbonyl (C=O) groups excluding carboxylic acids is 1. The van der Waals surface area contributed by atoms with Crippen LogP contribution in [0, 0.1) is 5.82 Å². The van der Waals surface area contributed by atoms with E-state index in [1.807, 2.05) is 48.5 Å². The van der Waals surface area contributed by atoms with Crippen LogP contribution >= 0.6 is 0 Å². The summed E-state index contributed by atoms with van der Waals surface area (Å²) in [4.78, 5) is 16.6. The zero-order chi connectivity index (χ0) is 28.7. The summed E-state index contributed by atoms with van der Waals surface area (Å²) < 4.78 is 47.9. The number of aromatic nitrogens is 1. The number of fused-ring (bicyclic) bond motifs is 2. The molecule has 0 spiro atoms. The lowest BCUT2D eigenvalue weighted by Crippen LogP contribution is -2.18. The maximum absolute atomic E-state index is 13.7. The summed E-state index contributed by atoms with van der Waals surface area (Å²) in [6.07, 6.45) is 0. The molecule has 0 saturated heterocycles. The van der Waals surface area contributed by atoms with Gasteiger partial charge in [-0.05, 0) is 66.6 Å². The summed E-state index contributed by atoms with van der Waals surface area (Å²) >= 11 is 0. The summed E-state index contributed by atoms with van der Waals surface area (Å²) in [7, 11) is -2.13. The maximum Gasteiger partial charge on any atom is 0.255 e. The van der Waals surface area contributed by atoms with E-state index in [9.17, 15) is 17.6 Å². The van der Waals surface area contributed by atoms with E-state index in [0.29, 0.717) is 27.8 Å². The number of furan rings is 1. The Morgan fingerprint density at radius 1 is 0.902 bits per heavy atom. The van der Waals surface area contributed by atoms with Gasteiger partial charge < -0.3 is 14.7 Å². The van der Waals surface area contributed by atoms with E-state index >= 15 is 0 Å². The predicted octanol–water partition coefficient (Wildman–Crippen LogP) is 7.18. The molecule has 0 aliphatic carbocycles. The largest absolute Gasteiger partial charge is 0.455 e. The van der Waals surface area contributed by atoms with Crippen molar-refractivity contribution in [1.82, 2.24) is 10.3 Å². The molecule has 6 aromatic rings. The van der Waals surface area contributed by atoms with Crippen LogP contribution in [0.3, 0.4) is 0 Å². The smallest absolute Gasteiger partial charge is 0.255 e. The average molecular weight is 568 g/mol. The number of anilines is 1. The monoisotopic (exact) mass is 567 g/mol. The fraction of sp³-hybridized carbons (Fsp3) is 0.0938. The standard InChI is InChI=1S/C32H26FN3O4S/c1-3-41(38,39)36-28-18-29-25(30(32(37)34-2)31(40-29)19-11-13-23(33)14-12-19)17-24(28)20-8-6-9-21(15-20)27-16-22-7-4-5-10-26(22)35-27/h4-18,35-36H,3H2,1-2H3,(H,34,37). The van der Waals surface area contributed by atoms with E-state index in [1.165, 1.54) is 31.3 Å². The number of sulfonamides is 1. The zero-order valence-corrected chi connectivity index (χ0v) is 23.1. The third kappa shape index (κ3) is 4.96.